The number of benzene rings is 2. The van der Waals surface area contributed by atoms with E-state index in [0.717, 1.165) is 35.4 Å². The standard InChI is InChI=1S/C23H27N3O3/c1-16(27)26-13-11-23(12-14-26)24-19(17-7-3-5-9-21(17)28)15-20(25-23)18-8-4-6-10-22(18)29-2/h3-10,20,25,28H,11-15H2,1-2H3/t20-/m0/s1. The smallest absolute Gasteiger partial charge is 0.219 e. The monoisotopic (exact) mass is 393 g/mol. The lowest BCUT2D eigenvalue weighted by atomic mass is 9.87. The maximum absolute atomic E-state index is 11.8. The van der Waals surface area contributed by atoms with Crippen molar-refractivity contribution in [3.05, 3.63) is 59.7 Å². The first-order valence-corrected chi connectivity index (χ1v) is 10.0. The Balaban J connectivity index is 1.73. The van der Waals surface area contributed by atoms with Crippen LogP contribution in [0.15, 0.2) is 53.5 Å². The van der Waals surface area contributed by atoms with Crippen molar-refractivity contribution in [2.75, 3.05) is 20.2 Å². The number of carbonyl (C=O) groups excluding carboxylic acids is 1. The van der Waals surface area contributed by atoms with Gasteiger partial charge in [0.25, 0.3) is 0 Å². The van der Waals surface area contributed by atoms with Gasteiger partial charge >= 0.3 is 0 Å². The average molecular weight is 393 g/mol. The van der Waals surface area contributed by atoms with Crippen molar-refractivity contribution in [1.82, 2.24) is 10.2 Å². The summed E-state index contributed by atoms with van der Waals surface area (Å²) in [7, 11) is 1.68. The molecule has 1 fully saturated rings. The van der Waals surface area contributed by atoms with Crippen LogP contribution in [0.3, 0.4) is 0 Å². The summed E-state index contributed by atoms with van der Waals surface area (Å²) >= 11 is 0. The molecule has 1 spiro atoms. The van der Waals surface area contributed by atoms with Gasteiger partial charge in [-0.2, -0.15) is 0 Å². The summed E-state index contributed by atoms with van der Waals surface area (Å²) in [5.41, 5.74) is 2.26. The highest BCUT2D eigenvalue weighted by Gasteiger charge is 2.41. The van der Waals surface area contributed by atoms with E-state index < -0.39 is 5.66 Å². The number of piperidine rings is 1. The zero-order chi connectivity index (χ0) is 20.4. The number of rotatable bonds is 3. The highest BCUT2D eigenvalue weighted by Crippen LogP contribution is 2.38. The quantitative estimate of drug-likeness (QED) is 0.839. The summed E-state index contributed by atoms with van der Waals surface area (Å²) in [6, 6.07) is 15.4. The van der Waals surface area contributed by atoms with E-state index in [1.165, 1.54) is 0 Å². The molecule has 2 aliphatic heterocycles. The number of likely N-dealkylation sites (tertiary alicyclic amines) is 1. The van der Waals surface area contributed by atoms with E-state index in [1.807, 2.05) is 41.3 Å². The molecule has 1 amide bonds. The van der Waals surface area contributed by atoms with Crippen LogP contribution in [0.2, 0.25) is 0 Å². The molecule has 0 bridgehead atoms. The van der Waals surface area contributed by atoms with E-state index in [2.05, 4.69) is 11.4 Å². The fraction of sp³-hybridized carbons (Fsp3) is 0.391. The number of phenols is 1. The molecule has 152 valence electrons. The Bertz CT molecular complexity index is 932. The number of aromatic hydroxyl groups is 1. The van der Waals surface area contributed by atoms with Crippen LogP contribution in [-0.4, -0.2) is 47.5 Å². The molecule has 2 aliphatic rings. The van der Waals surface area contributed by atoms with Crippen LogP contribution in [0.4, 0.5) is 0 Å². The molecular formula is C23H27N3O3. The molecule has 0 aliphatic carbocycles. The third kappa shape index (κ3) is 3.85. The van der Waals surface area contributed by atoms with E-state index >= 15 is 0 Å². The Kier molecular flexibility index (Phi) is 5.28. The van der Waals surface area contributed by atoms with E-state index in [0.29, 0.717) is 19.5 Å². The Hall–Kier alpha value is -2.86. The fourth-order valence-electron chi connectivity index (χ4n) is 4.38. The van der Waals surface area contributed by atoms with Gasteiger partial charge in [0.1, 0.15) is 17.2 Å². The number of aliphatic imine (C=N–C) groups is 1. The Morgan fingerprint density at radius 2 is 1.86 bits per heavy atom. The predicted octanol–water partition coefficient (Wildman–Crippen LogP) is 3.26. The van der Waals surface area contributed by atoms with Crippen molar-refractivity contribution in [1.29, 1.82) is 0 Å². The summed E-state index contributed by atoms with van der Waals surface area (Å²) < 4.78 is 5.61. The number of hydrogen-bond acceptors (Lipinski definition) is 5. The van der Waals surface area contributed by atoms with Gasteiger partial charge in [0.2, 0.25) is 5.91 Å². The van der Waals surface area contributed by atoms with Crippen LogP contribution >= 0.6 is 0 Å². The van der Waals surface area contributed by atoms with Gasteiger partial charge in [0, 0.05) is 62.2 Å². The molecule has 0 saturated carbocycles. The zero-order valence-corrected chi connectivity index (χ0v) is 16.9. The van der Waals surface area contributed by atoms with Crippen molar-refractivity contribution in [3.8, 4) is 11.5 Å². The molecule has 4 rings (SSSR count). The van der Waals surface area contributed by atoms with Crippen LogP contribution < -0.4 is 10.1 Å². The number of para-hydroxylation sites is 2. The van der Waals surface area contributed by atoms with E-state index in [-0.39, 0.29) is 17.7 Å². The molecule has 6 nitrogen and oxygen atoms in total. The van der Waals surface area contributed by atoms with Gasteiger partial charge in [-0.25, -0.2) is 0 Å². The molecule has 0 radical (unpaired) electrons. The number of hydrogen-bond donors (Lipinski definition) is 2. The second-order valence-corrected chi connectivity index (χ2v) is 7.76. The highest BCUT2D eigenvalue weighted by molar-refractivity contribution is 6.03. The van der Waals surface area contributed by atoms with Crippen molar-refractivity contribution in [3.63, 3.8) is 0 Å². The molecule has 6 heteroatoms. The minimum Gasteiger partial charge on any atom is -0.507 e. The number of amides is 1. The normalized spacial score (nSPS) is 21.0. The fourth-order valence-corrected chi connectivity index (χ4v) is 4.38. The Morgan fingerprint density at radius 1 is 1.17 bits per heavy atom. The lowest BCUT2D eigenvalue weighted by Crippen LogP contribution is -2.56. The van der Waals surface area contributed by atoms with Crippen molar-refractivity contribution in [2.24, 2.45) is 4.99 Å². The summed E-state index contributed by atoms with van der Waals surface area (Å²) in [5, 5.41) is 14.2. The van der Waals surface area contributed by atoms with Crippen LogP contribution in [0, 0.1) is 0 Å². The molecule has 2 heterocycles. The van der Waals surface area contributed by atoms with E-state index in [4.69, 9.17) is 9.73 Å². The summed E-state index contributed by atoms with van der Waals surface area (Å²) in [6.07, 6.45) is 2.11. The third-order valence-corrected chi connectivity index (χ3v) is 5.95. The molecule has 0 aromatic heterocycles. The van der Waals surface area contributed by atoms with Gasteiger partial charge < -0.3 is 14.7 Å². The molecule has 1 atom stereocenters. The molecule has 2 N–H and O–H groups in total. The first kappa shape index (κ1) is 19.5. The Labute approximate surface area is 171 Å². The van der Waals surface area contributed by atoms with Gasteiger partial charge in [0.05, 0.1) is 7.11 Å². The number of ether oxygens (including phenoxy) is 1. The number of nitrogens with one attached hydrogen (secondary N) is 1. The molecule has 2 aromatic rings. The summed E-state index contributed by atoms with van der Waals surface area (Å²) in [6.45, 7) is 2.94. The molecule has 0 unspecified atom stereocenters. The first-order valence-electron chi connectivity index (χ1n) is 10.0. The minimum absolute atomic E-state index is 0.00198. The molecule has 1 saturated heterocycles. The second kappa shape index (κ2) is 7.87. The maximum Gasteiger partial charge on any atom is 0.219 e. The zero-order valence-electron chi connectivity index (χ0n) is 16.9. The number of phenolic OH excluding ortho intramolecular Hbond substituents is 1. The Morgan fingerprint density at radius 3 is 2.55 bits per heavy atom. The molecule has 29 heavy (non-hydrogen) atoms. The summed E-state index contributed by atoms with van der Waals surface area (Å²) in [5.74, 6) is 1.17. The number of nitrogens with zero attached hydrogens (tertiary/aromatic N) is 2. The SMILES string of the molecule is COc1ccccc1[C@@H]1CC(c2ccccc2O)=NC2(CCN(C(C)=O)CC2)N1. The lowest BCUT2D eigenvalue weighted by molar-refractivity contribution is -0.130. The van der Waals surface area contributed by atoms with E-state index in [9.17, 15) is 9.90 Å². The van der Waals surface area contributed by atoms with Crippen LogP contribution in [0.1, 0.15) is 43.4 Å². The molecule has 2 aromatic carbocycles. The predicted molar refractivity (Wildman–Crippen MR) is 112 cm³/mol. The van der Waals surface area contributed by atoms with Gasteiger partial charge in [-0.3, -0.25) is 15.1 Å². The van der Waals surface area contributed by atoms with Gasteiger partial charge in [-0.05, 0) is 18.2 Å². The lowest BCUT2D eigenvalue weighted by Gasteiger charge is -2.45. The van der Waals surface area contributed by atoms with Crippen molar-refractivity contribution >= 4 is 11.6 Å². The average Bonchev–Trinajstić information content (AvgIpc) is 2.74. The first-order chi connectivity index (χ1) is 14.0. The maximum atomic E-state index is 11.8. The number of carbonyl (C=O) groups is 1. The topological polar surface area (TPSA) is 74.2 Å². The second-order valence-electron chi connectivity index (χ2n) is 7.76. The van der Waals surface area contributed by atoms with Gasteiger partial charge in [0.15, 0.2) is 0 Å². The van der Waals surface area contributed by atoms with Crippen molar-refractivity contribution in [2.45, 2.75) is 37.9 Å². The van der Waals surface area contributed by atoms with Crippen LogP contribution in [0.25, 0.3) is 0 Å². The molecular weight excluding hydrogens is 366 g/mol. The highest BCUT2D eigenvalue weighted by atomic mass is 16.5. The third-order valence-electron chi connectivity index (χ3n) is 5.95. The minimum atomic E-state index is -0.465. The largest absolute Gasteiger partial charge is 0.507 e. The summed E-state index contributed by atoms with van der Waals surface area (Å²) in [4.78, 5) is 18.8. The van der Waals surface area contributed by atoms with Gasteiger partial charge in [-0.1, -0.05) is 30.3 Å². The van der Waals surface area contributed by atoms with Crippen LogP contribution in [-0.2, 0) is 4.79 Å². The van der Waals surface area contributed by atoms with Crippen LogP contribution in [0.5, 0.6) is 11.5 Å². The van der Waals surface area contributed by atoms with Crippen molar-refractivity contribution < 1.29 is 14.6 Å². The van der Waals surface area contributed by atoms with E-state index in [1.54, 1.807) is 20.1 Å². The number of methoxy groups -OCH3 is 1. The van der Waals surface area contributed by atoms with Gasteiger partial charge in [-0.15, -0.1) is 0 Å².